The van der Waals surface area contributed by atoms with Gasteiger partial charge >= 0.3 is 0 Å². The fourth-order valence-electron chi connectivity index (χ4n) is 3.86. The lowest BCUT2D eigenvalue weighted by atomic mass is 9.88. The molecule has 1 aliphatic carbocycles. The Bertz CT molecular complexity index is 689. The number of likely N-dealkylation sites (tertiary alicyclic amines) is 1. The van der Waals surface area contributed by atoms with Gasteiger partial charge in [-0.15, -0.1) is 0 Å². The number of benzene rings is 1. The Balaban J connectivity index is 1.61. The third-order valence-electron chi connectivity index (χ3n) is 5.35. The predicted molar refractivity (Wildman–Crippen MR) is 101 cm³/mol. The average molecular weight is 380 g/mol. The van der Waals surface area contributed by atoms with E-state index < -0.39 is 0 Å². The van der Waals surface area contributed by atoms with Crippen LogP contribution in [0, 0.1) is 5.92 Å². The number of halogens is 1. The van der Waals surface area contributed by atoms with Gasteiger partial charge in [-0.1, -0.05) is 30.9 Å². The van der Waals surface area contributed by atoms with E-state index in [9.17, 15) is 9.59 Å². The highest BCUT2D eigenvalue weighted by molar-refractivity contribution is 6.33. The van der Waals surface area contributed by atoms with Crippen LogP contribution in [0.1, 0.15) is 48.9 Å². The number of methoxy groups -OCH3 is 1. The molecule has 26 heavy (non-hydrogen) atoms. The molecule has 1 saturated heterocycles. The number of amides is 2. The van der Waals surface area contributed by atoms with Crippen molar-refractivity contribution in [3.05, 3.63) is 22.7 Å². The normalized spacial score (nSPS) is 20.8. The molecule has 0 bridgehead atoms. The molecule has 3 rings (SSSR count). The van der Waals surface area contributed by atoms with E-state index in [1.165, 1.54) is 19.6 Å². The van der Waals surface area contributed by atoms with Crippen molar-refractivity contribution in [3.63, 3.8) is 0 Å². The molecule has 0 spiro atoms. The number of nitrogens with two attached hydrogens (primary N) is 1. The molecule has 0 aromatic heterocycles. The minimum atomic E-state index is -0.263. The minimum absolute atomic E-state index is 0.0592. The topological polar surface area (TPSA) is 84.7 Å². The summed E-state index contributed by atoms with van der Waals surface area (Å²) >= 11 is 6.04. The average Bonchev–Trinajstić information content (AvgIpc) is 3.12. The van der Waals surface area contributed by atoms with Crippen LogP contribution in [-0.4, -0.2) is 43.0 Å². The summed E-state index contributed by atoms with van der Waals surface area (Å²) < 4.78 is 5.24. The van der Waals surface area contributed by atoms with Crippen LogP contribution in [0.5, 0.6) is 5.75 Å². The fraction of sp³-hybridized carbons (Fsp3) is 0.579. The number of nitrogens with zero attached hydrogens (tertiary/aromatic N) is 1. The van der Waals surface area contributed by atoms with E-state index in [2.05, 4.69) is 5.32 Å². The third-order valence-corrected chi connectivity index (χ3v) is 5.68. The maximum absolute atomic E-state index is 12.6. The summed E-state index contributed by atoms with van der Waals surface area (Å²) in [5.41, 5.74) is 6.48. The summed E-state index contributed by atoms with van der Waals surface area (Å²) in [6.07, 6.45) is 6.26. The smallest absolute Gasteiger partial charge is 0.255 e. The summed E-state index contributed by atoms with van der Waals surface area (Å²) in [4.78, 5) is 27.2. The number of nitrogens with one attached hydrogen (secondary N) is 1. The molecule has 1 heterocycles. The standard InChI is InChI=1S/C19H26ClN3O3/c1-26-17-10-16(21)15(20)9-14(17)18(24)22-13-7-8-23(11-13)19(25)12-5-3-2-4-6-12/h9-10,12-13H,2-8,11,21H2,1H3,(H,22,24). The number of carbonyl (C=O) groups is 2. The summed E-state index contributed by atoms with van der Waals surface area (Å²) in [5, 5.41) is 3.31. The number of carbonyl (C=O) groups excluding carboxylic acids is 2. The molecule has 0 radical (unpaired) electrons. The van der Waals surface area contributed by atoms with Crippen LogP contribution in [0.4, 0.5) is 5.69 Å². The highest BCUT2D eigenvalue weighted by atomic mass is 35.5. The Hall–Kier alpha value is -1.95. The van der Waals surface area contributed by atoms with Crippen LogP contribution in [-0.2, 0) is 4.79 Å². The maximum atomic E-state index is 12.6. The van der Waals surface area contributed by atoms with Gasteiger partial charge in [-0.3, -0.25) is 9.59 Å². The van der Waals surface area contributed by atoms with Gasteiger partial charge in [0.15, 0.2) is 0 Å². The van der Waals surface area contributed by atoms with Crippen molar-refractivity contribution in [2.75, 3.05) is 25.9 Å². The van der Waals surface area contributed by atoms with Crippen molar-refractivity contribution in [1.82, 2.24) is 10.2 Å². The molecule has 1 aliphatic heterocycles. The second-order valence-corrected chi connectivity index (χ2v) is 7.56. The number of nitrogen functional groups attached to an aromatic ring is 1. The van der Waals surface area contributed by atoms with Gasteiger partial charge in [-0.25, -0.2) is 0 Å². The molecular weight excluding hydrogens is 354 g/mol. The molecule has 1 aromatic carbocycles. The van der Waals surface area contributed by atoms with Gasteiger partial charge in [0.1, 0.15) is 5.75 Å². The van der Waals surface area contributed by atoms with E-state index in [0.29, 0.717) is 35.1 Å². The lowest BCUT2D eigenvalue weighted by Gasteiger charge is -2.26. The van der Waals surface area contributed by atoms with Crippen LogP contribution in [0.25, 0.3) is 0 Å². The third kappa shape index (κ3) is 4.06. The van der Waals surface area contributed by atoms with Crippen molar-refractivity contribution >= 4 is 29.1 Å². The van der Waals surface area contributed by atoms with Crippen LogP contribution in [0.15, 0.2) is 12.1 Å². The molecule has 1 aromatic rings. The van der Waals surface area contributed by atoms with E-state index >= 15 is 0 Å². The van der Waals surface area contributed by atoms with Crippen LogP contribution >= 0.6 is 11.6 Å². The summed E-state index contributed by atoms with van der Waals surface area (Å²) in [7, 11) is 1.49. The summed E-state index contributed by atoms with van der Waals surface area (Å²) in [6, 6.07) is 3.01. The molecule has 1 saturated carbocycles. The number of hydrogen-bond acceptors (Lipinski definition) is 4. The molecule has 6 nitrogen and oxygen atoms in total. The van der Waals surface area contributed by atoms with Crippen molar-refractivity contribution in [1.29, 1.82) is 0 Å². The SMILES string of the molecule is COc1cc(N)c(Cl)cc1C(=O)NC1CCN(C(=O)C2CCCCC2)C1. The minimum Gasteiger partial charge on any atom is -0.496 e. The van der Waals surface area contributed by atoms with Gasteiger partial charge in [-0.05, 0) is 25.3 Å². The molecule has 2 fully saturated rings. The van der Waals surface area contributed by atoms with E-state index in [4.69, 9.17) is 22.1 Å². The van der Waals surface area contributed by atoms with Gasteiger partial charge in [0, 0.05) is 31.1 Å². The first kappa shape index (κ1) is 18.8. The van der Waals surface area contributed by atoms with E-state index in [1.807, 2.05) is 4.90 Å². The molecular formula is C19H26ClN3O3. The molecule has 3 N–H and O–H groups in total. The monoisotopic (exact) mass is 379 g/mol. The first-order valence-corrected chi connectivity index (χ1v) is 9.60. The largest absolute Gasteiger partial charge is 0.496 e. The van der Waals surface area contributed by atoms with Crippen molar-refractivity contribution in [2.45, 2.75) is 44.6 Å². The summed E-state index contributed by atoms with van der Waals surface area (Å²) in [5.74, 6) is 0.530. The van der Waals surface area contributed by atoms with E-state index in [0.717, 1.165) is 32.1 Å². The van der Waals surface area contributed by atoms with Crippen LogP contribution < -0.4 is 15.8 Å². The Kier molecular flexibility index (Phi) is 5.91. The highest BCUT2D eigenvalue weighted by Crippen LogP contribution is 2.29. The van der Waals surface area contributed by atoms with Gasteiger partial charge in [0.05, 0.1) is 23.4 Å². The van der Waals surface area contributed by atoms with Crippen molar-refractivity contribution in [2.24, 2.45) is 5.92 Å². The Morgan fingerprint density at radius 2 is 1.96 bits per heavy atom. The van der Waals surface area contributed by atoms with Crippen LogP contribution in [0.3, 0.4) is 0 Å². The maximum Gasteiger partial charge on any atom is 0.255 e. The molecule has 142 valence electrons. The quantitative estimate of drug-likeness (QED) is 0.788. The zero-order valence-corrected chi connectivity index (χ0v) is 15.8. The number of hydrogen-bond donors (Lipinski definition) is 2. The van der Waals surface area contributed by atoms with Gasteiger partial charge in [-0.2, -0.15) is 0 Å². The van der Waals surface area contributed by atoms with Crippen molar-refractivity contribution in [3.8, 4) is 5.75 Å². The summed E-state index contributed by atoms with van der Waals surface area (Å²) in [6.45, 7) is 1.26. The van der Waals surface area contributed by atoms with Gasteiger partial charge < -0.3 is 20.7 Å². The molecule has 1 unspecified atom stereocenters. The first-order chi connectivity index (χ1) is 12.5. The molecule has 2 amide bonds. The lowest BCUT2D eigenvalue weighted by molar-refractivity contribution is -0.135. The van der Waals surface area contributed by atoms with Gasteiger partial charge in [0.2, 0.25) is 5.91 Å². The Morgan fingerprint density at radius 3 is 2.65 bits per heavy atom. The lowest BCUT2D eigenvalue weighted by Crippen LogP contribution is -2.40. The van der Waals surface area contributed by atoms with E-state index in [1.54, 1.807) is 6.07 Å². The van der Waals surface area contributed by atoms with Crippen LogP contribution in [0.2, 0.25) is 5.02 Å². The first-order valence-electron chi connectivity index (χ1n) is 9.22. The predicted octanol–water partition coefficient (Wildman–Crippen LogP) is 2.84. The number of rotatable bonds is 4. The van der Waals surface area contributed by atoms with Crippen molar-refractivity contribution < 1.29 is 14.3 Å². The second-order valence-electron chi connectivity index (χ2n) is 7.15. The zero-order chi connectivity index (χ0) is 18.7. The molecule has 2 aliphatic rings. The number of anilines is 1. The van der Waals surface area contributed by atoms with E-state index in [-0.39, 0.29) is 23.8 Å². The second kappa shape index (κ2) is 8.16. The highest BCUT2D eigenvalue weighted by Gasteiger charge is 2.32. The molecule has 1 atom stereocenters. The zero-order valence-electron chi connectivity index (χ0n) is 15.1. The fourth-order valence-corrected chi connectivity index (χ4v) is 4.03. The number of ether oxygens (including phenoxy) is 1. The molecule has 7 heteroatoms. The van der Waals surface area contributed by atoms with Gasteiger partial charge in [0.25, 0.3) is 5.91 Å². The Morgan fingerprint density at radius 1 is 1.23 bits per heavy atom. The Labute approximate surface area is 159 Å².